The highest BCUT2D eigenvalue weighted by molar-refractivity contribution is 5.76. The molecule has 3 atom stereocenters. The standard InChI is InChI=1S/C20H30N2O3/c1-3-17(15-6-7-18-19(12-15)25-10-9-24-18)22-20(23)11-14(2)16-5-4-8-21-13-16/h6-7,12,14,16-17,21H,3-5,8-11,13H2,1-2H3,(H,22,23). The van der Waals surface area contributed by atoms with E-state index in [9.17, 15) is 4.79 Å². The number of fused-ring (bicyclic) bond motifs is 1. The van der Waals surface area contributed by atoms with E-state index in [4.69, 9.17) is 9.47 Å². The summed E-state index contributed by atoms with van der Waals surface area (Å²) < 4.78 is 11.2. The fraction of sp³-hybridized carbons (Fsp3) is 0.650. The van der Waals surface area contributed by atoms with E-state index in [2.05, 4.69) is 24.5 Å². The maximum Gasteiger partial charge on any atom is 0.220 e. The molecule has 0 bridgehead atoms. The second-order valence-electron chi connectivity index (χ2n) is 7.22. The zero-order chi connectivity index (χ0) is 17.6. The molecule has 1 amide bonds. The maximum absolute atomic E-state index is 12.5. The SMILES string of the molecule is CCC(NC(=O)CC(C)C1CCCNC1)c1ccc2c(c1)OCCO2. The van der Waals surface area contributed by atoms with Crippen LogP contribution in [0.4, 0.5) is 0 Å². The Balaban J connectivity index is 1.58. The molecule has 1 aromatic rings. The molecule has 2 aliphatic rings. The Hall–Kier alpha value is -1.75. The molecule has 2 aliphatic heterocycles. The average molecular weight is 346 g/mol. The van der Waals surface area contributed by atoms with Crippen molar-refractivity contribution in [1.82, 2.24) is 10.6 Å². The number of piperidine rings is 1. The molecule has 2 heterocycles. The van der Waals surface area contributed by atoms with Gasteiger partial charge < -0.3 is 20.1 Å². The minimum Gasteiger partial charge on any atom is -0.486 e. The molecule has 2 N–H and O–H groups in total. The summed E-state index contributed by atoms with van der Waals surface area (Å²) in [6.07, 6.45) is 3.88. The van der Waals surface area contributed by atoms with Gasteiger partial charge in [-0.2, -0.15) is 0 Å². The molecule has 0 spiro atoms. The van der Waals surface area contributed by atoms with E-state index in [1.807, 2.05) is 18.2 Å². The van der Waals surface area contributed by atoms with E-state index in [0.717, 1.165) is 36.6 Å². The second kappa shape index (κ2) is 8.56. The van der Waals surface area contributed by atoms with Crippen LogP contribution in [-0.4, -0.2) is 32.2 Å². The van der Waals surface area contributed by atoms with Crippen LogP contribution in [0.25, 0.3) is 0 Å². The fourth-order valence-electron chi connectivity index (χ4n) is 3.77. The lowest BCUT2D eigenvalue weighted by molar-refractivity contribution is -0.123. The molecule has 138 valence electrons. The number of benzene rings is 1. The molecular formula is C20H30N2O3. The lowest BCUT2D eigenvalue weighted by Crippen LogP contribution is -2.36. The molecule has 1 fully saturated rings. The van der Waals surface area contributed by atoms with Gasteiger partial charge in [-0.3, -0.25) is 4.79 Å². The van der Waals surface area contributed by atoms with Gasteiger partial charge in [-0.25, -0.2) is 0 Å². The smallest absolute Gasteiger partial charge is 0.220 e. The van der Waals surface area contributed by atoms with E-state index in [0.29, 0.717) is 31.5 Å². The third-order valence-corrected chi connectivity index (χ3v) is 5.36. The van der Waals surface area contributed by atoms with Gasteiger partial charge in [0.15, 0.2) is 11.5 Å². The lowest BCUT2D eigenvalue weighted by atomic mass is 9.85. The van der Waals surface area contributed by atoms with Crippen LogP contribution >= 0.6 is 0 Å². The van der Waals surface area contributed by atoms with Crippen LogP contribution < -0.4 is 20.1 Å². The monoisotopic (exact) mass is 346 g/mol. The van der Waals surface area contributed by atoms with E-state index >= 15 is 0 Å². The molecule has 3 unspecified atom stereocenters. The number of carbonyl (C=O) groups is 1. The molecule has 5 heteroatoms. The van der Waals surface area contributed by atoms with Crippen LogP contribution in [0.2, 0.25) is 0 Å². The van der Waals surface area contributed by atoms with Crippen molar-refractivity contribution < 1.29 is 14.3 Å². The minimum atomic E-state index is 0.0139. The van der Waals surface area contributed by atoms with Gasteiger partial charge in [0, 0.05) is 6.42 Å². The Morgan fingerprint density at radius 1 is 1.32 bits per heavy atom. The van der Waals surface area contributed by atoms with Gasteiger partial charge in [0.2, 0.25) is 5.91 Å². The van der Waals surface area contributed by atoms with Crippen molar-refractivity contribution in [3.63, 3.8) is 0 Å². The zero-order valence-electron chi connectivity index (χ0n) is 15.3. The highest BCUT2D eigenvalue weighted by Gasteiger charge is 2.23. The van der Waals surface area contributed by atoms with Crippen molar-refractivity contribution in [3.05, 3.63) is 23.8 Å². The molecular weight excluding hydrogens is 316 g/mol. The average Bonchev–Trinajstić information content (AvgIpc) is 2.66. The molecule has 0 radical (unpaired) electrons. The third kappa shape index (κ3) is 4.66. The summed E-state index contributed by atoms with van der Waals surface area (Å²) in [5.41, 5.74) is 1.08. The Morgan fingerprint density at radius 3 is 2.84 bits per heavy atom. The number of carbonyl (C=O) groups excluding carboxylic acids is 1. The van der Waals surface area contributed by atoms with Crippen LogP contribution in [0.3, 0.4) is 0 Å². The number of hydrogen-bond donors (Lipinski definition) is 2. The molecule has 0 saturated carbocycles. The summed E-state index contributed by atoms with van der Waals surface area (Å²) in [5, 5.41) is 6.64. The molecule has 5 nitrogen and oxygen atoms in total. The van der Waals surface area contributed by atoms with Gasteiger partial charge in [0.05, 0.1) is 6.04 Å². The number of amides is 1. The van der Waals surface area contributed by atoms with Gasteiger partial charge in [-0.15, -0.1) is 0 Å². The van der Waals surface area contributed by atoms with Crippen LogP contribution in [0.15, 0.2) is 18.2 Å². The Morgan fingerprint density at radius 2 is 2.12 bits per heavy atom. The Bertz CT molecular complexity index is 584. The van der Waals surface area contributed by atoms with Crippen LogP contribution in [0.1, 0.15) is 51.1 Å². The lowest BCUT2D eigenvalue weighted by Gasteiger charge is -2.28. The number of rotatable bonds is 6. The summed E-state index contributed by atoms with van der Waals surface area (Å²) >= 11 is 0. The first-order valence-corrected chi connectivity index (χ1v) is 9.57. The summed E-state index contributed by atoms with van der Waals surface area (Å²) in [6, 6.07) is 5.98. The topological polar surface area (TPSA) is 59.6 Å². The summed E-state index contributed by atoms with van der Waals surface area (Å²) in [7, 11) is 0. The summed E-state index contributed by atoms with van der Waals surface area (Å²) in [6.45, 7) is 7.60. The van der Waals surface area contributed by atoms with Gasteiger partial charge in [-0.05, 0) is 61.9 Å². The highest BCUT2D eigenvalue weighted by atomic mass is 16.6. The number of hydrogen-bond acceptors (Lipinski definition) is 4. The normalized spacial score (nSPS) is 22.1. The Kier molecular flexibility index (Phi) is 6.19. The summed E-state index contributed by atoms with van der Waals surface area (Å²) in [4.78, 5) is 12.5. The van der Waals surface area contributed by atoms with Crippen LogP contribution in [0, 0.1) is 11.8 Å². The number of ether oxygens (including phenoxy) is 2. The molecule has 3 rings (SSSR count). The van der Waals surface area contributed by atoms with Gasteiger partial charge in [0.25, 0.3) is 0 Å². The first-order chi connectivity index (χ1) is 12.2. The first-order valence-electron chi connectivity index (χ1n) is 9.57. The molecule has 25 heavy (non-hydrogen) atoms. The second-order valence-corrected chi connectivity index (χ2v) is 7.22. The fourth-order valence-corrected chi connectivity index (χ4v) is 3.77. The maximum atomic E-state index is 12.5. The van der Waals surface area contributed by atoms with E-state index < -0.39 is 0 Å². The molecule has 1 saturated heterocycles. The van der Waals surface area contributed by atoms with Crippen molar-refractivity contribution >= 4 is 5.91 Å². The van der Waals surface area contributed by atoms with Crippen molar-refractivity contribution in [2.24, 2.45) is 11.8 Å². The predicted molar refractivity (Wildman–Crippen MR) is 98.0 cm³/mol. The first kappa shape index (κ1) is 18.1. The van der Waals surface area contributed by atoms with Crippen molar-refractivity contribution in [2.45, 2.75) is 45.6 Å². The number of nitrogens with one attached hydrogen (secondary N) is 2. The van der Waals surface area contributed by atoms with Crippen molar-refractivity contribution in [1.29, 1.82) is 0 Å². The van der Waals surface area contributed by atoms with Crippen molar-refractivity contribution in [2.75, 3.05) is 26.3 Å². The molecule has 0 aliphatic carbocycles. The predicted octanol–water partition coefficient (Wildman–Crippen LogP) is 3.05. The van der Waals surface area contributed by atoms with E-state index in [1.165, 1.54) is 12.8 Å². The van der Waals surface area contributed by atoms with E-state index in [-0.39, 0.29) is 11.9 Å². The highest BCUT2D eigenvalue weighted by Crippen LogP contribution is 2.33. The summed E-state index contributed by atoms with van der Waals surface area (Å²) in [5.74, 6) is 2.71. The van der Waals surface area contributed by atoms with E-state index in [1.54, 1.807) is 0 Å². The quantitative estimate of drug-likeness (QED) is 0.831. The minimum absolute atomic E-state index is 0.0139. The van der Waals surface area contributed by atoms with Crippen molar-refractivity contribution in [3.8, 4) is 11.5 Å². The Labute approximate surface area is 150 Å². The third-order valence-electron chi connectivity index (χ3n) is 5.36. The van der Waals surface area contributed by atoms with Crippen LogP contribution in [0.5, 0.6) is 11.5 Å². The van der Waals surface area contributed by atoms with Gasteiger partial charge in [0.1, 0.15) is 13.2 Å². The van der Waals surface area contributed by atoms with Gasteiger partial charge >= 0.3 is 0 Å². The van der Waals surface area contributed by atoms with Crippen LogP contribution in [-0.2, 0) is 4.79 Å². The zero-order valence-corrected chi connectivity index (χ0v) is 15.3. The molecule has 0 aromatic heterocycles. The molecule has 1 aromatic carbocycles. The largest absolute Gasteiger partial charge is 0.486 e. The van der Waals surface area contributed by atoms with Gasteiger partial charge in [-0.1, -0.05) is 19.9 Å².